The van der Waals surface area contributed by atoms with Crippen LogP contribution in [0.4, 0.5) is 0 Å². The van der Waals surface area contributed by atoms with Crippen molar-refractivity contribution in [1.29, 1.82) is 0 Å². The molecule has 0 saturated carbocycles. The van der Waals surface area contributed by atoms with E-state index >= 15 is 0 Å². The first-order valence-corrected chi connectivity index (χ1v) is 4.94. The van der Waals surface area contributed by atoms with Crippen LogP contribution in [0.25, 0.3) is 0 Å². The molecule has 15 heavy (non-hydrogen) atoms. The third-order valence-corrected chi connectivity index (χ3v) is 2.67. The van der Waals surface area contributed by atoms with Gasteiger partial charge in [-0.3, -0.25) is 0 Å². The van der Waals surface area contributed by atoms with E-state index in [9.17, 15) is 0 Å². The molecule has 0 amide bonds. The van der Waals surface area contributed by atoms with E-state index in [1.165, 1.54) is 21.3 Å². The monoisotopic (exact) mass is 230 g/mol. The first-order valence-electron chi connectivity index (χ1n) is 4.56. The first kappa shape index (κ1) is 12.5. The van der Waals surface area contributed by atoms with Gasteiger partial charge in [0.15, 0.2) is 0 Å². The van der Waals surface area contributed by atoms with Gasteiger partial charge in [0.2, 0.25) is 0 Å². The minimum Gasteiger partial charge on any atom is -0.331 e. The van der Waals surface area contributed by atoms with Crippen molar-refractivity contribution in [2.45, 2.75) is 12.4 Å². The minimum absolute atomic E-state index is 0.441. The molecule has 0 radical (unpaired) electrons. The molecule has 0 unspecified atom stereocenters. The molecule has 0 aliphatic rings. The second-order valence-electron chi connectivity index (χ2n) is 3.06. The molecule has 84 valence electrons. The summed E-state index contributed by atoms with van der Waals surface area (Å²) in [5, 5.41) is 0.674. The smallest absolute Gasteiger partial charge is 0.286 e. The van der Waals surface area contributed by atoms with Crippen molar-refractivity contribution in [3.05, 3.63) is 34.9 Å². The van der Waals surface area contributed by atoms with Crippen LogP contribution < -0.4 is 0 Å². The van der Waals surface area contributed by atoms with Gasteiger partial charge < -0.3 is 14.2 Å². The Morgan fingerprint density at radius 2 is 1.60 bits per heavy atom. The zero-order chi connectivity index (χ0) is 11.3. The van der Waals surface area contributed by atoms with Gasteiger partial charge >= 0.3 is 0 Å². The fourth-order valence-corrected chi connectivity index (χ4v) is 1.54. The molecule has 0 spiro atoms. The molecular formula is C11H15ClO3. The van der Waals surface area contributed by atoms with E-state index in [0.717, 1.165) is 5.56 Å². The predicted octanol–water partition coefficient (Wildman–Crippen LogP) is 2.48. The molecule has 0 N–H and O–H groups in total. The molecule has 1 aromatic rings. The fraction of sp³-hybridized carbons (Fsp3) is 0.455. The van der Waals surface area contributed by atoms with Gasteiger partial charge in [0.25, 0.3) is 5.97 Å². The summed E-state index contributed by atoms with van der Waals surface area (Å²) in [4.78, 5) is 0. The molecule has 0 heterocycles. The molecule has 0 aromatic heterocycles. The average molecular weight is 231 g/mol. The summed E-state index contributed by atoms with van der Waals surface area (Å²) in [6, 6.07) is 7.52. The van der Waals surface area contributed by atoms with Gasteiger partial charge in [0.1, 0.15) is 0 Å². The van der Waals surface area contributed by atoms with Crippen LogP contribution in [0.1, 0.15) is 5.56 Å². The van der Waals surface area contributed by atoms with Gasteiger partial charge in [-0.05, 0) is 11.6 Å². The fourth-order valence-electron chi connectivity index (χ4n) is 1.34. The predicted molar refractivity (Wildman–Crippen MR) is 58.9 cm³/mol. The van der Waals surface area contributed by atoms with Crippen LogP contribution >= 0.6 is 11.6 Å². The van der Waals surface area contributed by atoms with E-state index in [0.29, 0.717) is 11.4 Å². The van der Waals surface area contributed by atoms with E-state index in [1.807, 2.05) is 24.3 Å². The number of halogens is 1. The van der Waals surface area contributed by atoms with Crippen molar-refractivity contribution in [2.75, 3.05) is 21.3 Å². The topological polar surface area (TPSA) is 27.7 Å². The van der Waals surface area contributed by atoms with Gasteiger partial charge in [-0.25, -0.2) is 0 Å². The SMILES string of the molecule is COC(Cc1ccccc1Cl)(OC)OC. The highest BCUT2D eigenvalue weighted by Crippen LogP contribution is 2.24. The molecule has 0 aliphatic heterocycles. The van der Waals surface area contributed by atoms with Crippen LogP contribution in [0.3, 0.4) is 0 Å². The number of rotatable bonds is 5. The highest BCUT2D eigenvalue weighted by atomic mass is 35.5. The quantitative estimate of drug-likeness (QED) is 0.728. The molecule has 0 fully saturated rings. The van der Waals surface area contributed by atoms with Crippen molar-refractivity contribution in [3.63, 3.8) is 0 Å². The van der Waals surface area contributed by atoms with Crippen LogP contribution in [-0.2, 0) is 20.6 Å². The third-order valence-electron chi connectivity index (χ3n) is 2.30. The Bertz CT molecular complexity index is 302. The Morgan fingerprint density at radius 1 is 1.07 bits per heavy atom. The van der Waals surface area contributed by atoms with E-state index in [1.54, 1.807) is 0 Å². The average Bonchev–Trinajstić information content (AvgIpc) is 2.29. The van der Waals surface area contributed by atoms with Crippen molar-refractivity contribution in [2.24, 2.45) is 0 Å². The van der Waals surface area contributed by atoms with Gasteiger partial charge in [0.05, 0.1) is 6.42 Å². The van der Waals surface area contributed by atoms with Crippen LogP contribution in [-0.4, -0.2) is 27.3 Å². The zero-order valence-corrected chi connectivity index (χ0v) is 9.88. The van der Waals surface area contributed by atoms with E-state index in [4.69, 9.17) is 25.8 Å². The summed E-state index contributed by atoms with van der Waals surface area (Å²) in [6.45, 7) is 0. The lowest BCUT2D eigenvalue weighted by atomic mass is 10.1. The highest BCUT2D eigenvalue weighted by molar-refractivity contribution is 6.31. The van der Waals surface area contributed by atoms with E-state index in [2.05, 4.69) is 0 Å². The minimum atomic E-state index is -1.06. The molecule has 3 nitrogen and oxygen atoms in total. The highest BCUT2D eigenvalue weighted by Gasteiger charge is 2.30. The summed E-state index contributed by atoms with van der Waals surface area (Å²) >= 11 is 6.03. The molecule has 0 aliphatic carbocycles. The largest absolute Gasteiger partial charge is 0.331 e. The second-order valence-corrected chi connectivity index (χ2v) is 3.47. The summed E-state index contributed by atoms with van der Waals surface area (Å²) < 4.78 is 15.6. The molecule has 1 aromatic carbocycles. The van der Waals surface area contributed by atoms with E-state index < -0.39 is 5.97 Å². The summed E-state index contributed by atoms with van der Waals surface area (Å²) in [6.07, 6.45) is 0.441. The summed E-state index contributed by atoms with van der Waals surface area (Å²) in [5.74, 6) is -1.06. The Morgan fingerprint density at radius 3 is 2.07 bits per heavy atom. The lowest BCUT2D eigenvalue weighted by Crippen LogP contribution is -2.38. The number of benzene rings is 1. The van der Waals surface area contributed by atoms with Crippen molar-refractivity contribution in [1.82, 2.24) is 0 Å². The van der Waals surface area contributed by atoms with Gasteiger partial charge in [-0.1, -0.05) is 29.8 Å². The lowest BCUT2D eigenvalue weighted by Gasteiger charge is -2.28. The van der Waals surface area contributed by atoms with Gasteiger partial charge in [-0.15, -0.1) is 0 Å². The van der Waals surface area contributed by atoms with Crippen molar-refractivity contribution < 1.29 is 14.2 Å². The van der Waals surface area contributed by atoms with Crippen LogP contribution in [0.15, 0.2) is 24.3 Å². The molecule has 1 rings (SSSR count). The molecule has 0 bridgehead atoms. The maximum atomic E-state index is 6.03. The van der Waals surface area contributed by atoms with Crippen molar-refractivity contribution in [3.8, 4) is 0 Å². The van der Waals surface area contributed by atoms with Crippen LogP contribution in [0.2, 0.25) is 5.02 Å². The standard InChI is InChI=1S/C11H15ClO3/c1-13-11(14-2,15-3)8-9-6-4-5-7-10(9)12/h4-7H,8H2,1-3H3. The Labute approximate surface area is 94.9 Å². The second kappa shape index (κ2) is 5.47. The molecular weight excluding hydrogens is 216 g/mol. The molecule has 0 saturated heterocycles. The van der Waals surface area contributed by atoms with Crippen molar-refractivity contribution >= 4 is 11.6 Å². The Balaban J connectivity index is 2.88. The maximum absolute atomic E-state index is 6.03. The Kier molecular flexibility index (Phi) is 4.54. The summed E-state index contributed by atoms with van der Waals surface area (Å²) in [5.41, 5.74) is 0.921. The lowest BCUT2D eigenvalue weighted by molar-refractivity contribution is -0.350. The maximum Gasteiger partial charge on any atom is 0.286 e. The normalized spacial score (nSPS) is 11.7. The summed E-state index contributed by atoms with van der Waals surface area (Å²) in [7, 11) is 4.59. The molecule has 4 heteroatoms. The van der Waals surface area contributed by atoms with Crippen LogP contribution in [0.5, 0.6) is 0 Å². The molecule has 0 atom stereocenters. The third kappa shape index (κ3) is 2.92. The van der Waals surface area contributed by atoms with Gasteiger partial charge in [-0.2, -0.15) is 0 Å². The zero-order valence-electron chi connectivity index (χ0n) is 9.12. The number of hydrogen-bond donors (Lipinski definition) is 0. The number of methoxy groups -OCH3 is 3. The number of hydrogen-bond acceptors (Lipinski definition) is 3. The first-order chi connectivity index (χ1) is 7.17. The Hall–Kier alpha value is -0.610. The van der Waals surface area contributed by atoms with E-state index in [-0.39, 0.29) is 0 Å². The van der Waals surface area contributed by atoms with Gasteiger partial charge in [0, 0.05) is 26.4 Å². The number of ether oxygens (including phenoxy) is 3. The van der Waals surface area contributed by atoms with Crippen LogP contribution in [0, 0.1) is 0 Å².